The van der Waals surface area contributed by atoms with Crippen LogP contribution in [0, 0.1) is 13.8 Å². The van der Waals surface area contributed by atoms with Gasteiger partial charge < -0.3 is 9.84 Å². The largest absolute Gasteiger partial charge is 0.496 e. The molecule has 1 unspecified atom stereocenters. The summed E-state index contributed by atoms with van der Waals surface area (Å²) >= 11 is 0. The van der Waals surface area contributed by atoms with Gasteiger partial charge in [0.1, 0.15) is 5.75 Å². The topological polar surface area (TPSA) is 29.5 Å². The molecule has 0 amide bonds. The zero-order valence-corrected chi connectivity index (χ0v) is 10.0. The van der Waals surface area contributed by atoms with Gasteiger partial charge in [0.05, 0.1) is 7.11 Å². The molecule has 1 aromatic carbocycles. The molecule has 0 aliphatic carbocycles. The number of hydrogen-bond acceptors (Lipinski definition) is 2. The van der Waals surface area contributed by atoms with Crippen molar-refractivity contribution in [3.8, 4) is 5.75 Å². The molecule has 0 saturated heterocycles. The van der Waals surface area contributed by atoms with Crippen LogP contribution in [0.3, 0.4) is 0 Å². The number of benzene rings is 1. The van der Waals surface area contributed by atoms with Crippen molar-refractivity contribution in [2.75, 3.05) is 13.7 Å². The van der Waals surface area contributed by atoms with E-state index in [4.69, 9.17) is 9.84 Å². The van der Waals surface area contributed by atoms with E-state index < -0.39 is 0 Å². The lowest BCUT2D eigenvalue weighted by molar-refractivity contribution is 0.278. The first-order valence-corrected chi connectivity index (χ1v) is 5.36. The smallest absolute Gasteiger partial charge is 0.122 e. The van der Waals surface area contributed by atoms with Gasteiger partial charge in [0.15, 0.2) is 0 Å². The molecule has 0 heterocycles. The predicted molar refractivity (Wildman–Crippen MR) is 62.6 cm³/mol. The second kappa shape index (κ2) is 5.17. The number of methoxy groups -OCH3 is 1. The first kappa shape index (κ1) is 12.1. The Labute approximate surface area is 91.9 Å². The van der Waals surface area contributed by atoms with Crippen molar-refractivity contribution in [2.45, 2.75) is 33.1 Å². The van der Waals surface area contributed by atoms with E-state index in [1.165, 1.54) is 11.1 Å². The van der Waals surface area contributed by atoms with Gasteiger partial charge in [-0.15, -0.1) is 0 Å². The molecule has 0 aliphatic rings. The van der Waals surface area contributed by atoms with Gasteiger partial charge in [0.25, 0.3) is 0 Å². The zero-order valence-electron chi connectivity index (χ0n) is 10.0. The van der Waals surface area contributed by atoms with Crippen LogP contribution in [0.2, 0.25) is 0 Å². The Hall–Kier alpha value is -1.02. The number of aliphatic hydroxyl groups excluding tert-OH is 1. The molecular weight excluding hydrogens is 188 g/mol. The molecule has 0 saturated carbocycles. The number of aliphatic hydroxyl groups is 1. The molecule has 2 nitrogen and oxygen atoms in total. The highest BCUT2D eigenvalue weighted by Crippen LogP contribution is 2.28. The first-order valence-electron chi connectivity index (χ1n) is 5.36. The number of aryl methyl sites for hydroxylation is 2. The summed E-state index contributed by atoms with van der Waals surface area (Å²) in [6.07, 6.45) is 0.812. The summed E-state index contributed by atoms with van der Waals surface area (Å²) in [4.78, 5) is 0. The van der Waals surface area contributed by atoms with Crippen LogP contribution < -0.4 is 4.74 Å². The highest BCUT2D eigenvalue weighted by Gasteiger charge is 2.10. The lowest BCUT2D eigenvalue weighted by Crippen LogP contribution is -2.01. The highest BCUT2D eigenvalue weighted by atomic mass is 16.5. The van der Waals surface area contributed by atoms with E-state index in [-0.39, 0.29) is 6.61 Å². The minimum atomic E-state index is 0.242. The maximum atomic E-state index is 8.93. The van der Waals surface area contributed by atoms with Crippen LogP contribution in [0.5, 0.6) is 5.75 Å². The molecule has 0 aromatic heterocycles. The predicted octanol–water partition coefficient (Wildman–Crippen LogP) is 2.80. The average molecular weight is 208 g/mol. The summed E-state index contributed by atoms with van der Waals surface area (Å²) in [6, 6.07) is 4.23. The summed E-state index contributed by atoms with van der Waals surface area (Å²) in [5, 5.41) is 8.93. The molecule has 0 spiro atoms. The van der Waals surface area contributed by atoms with Crippen LogP contribution in [0.25, 0.3) is 0 Å². The number of rotatable bonds is 4. The fourth-order valence-corrected chi connectivity index (χ4v) is 1.91. The van der Waals surface area contributed by atoms with Gasteiger partial charge in [0, 0.05) is 6.61 Å². The molecule has 1 rings (SSSR count). The highest BCUT2D eigenvalue weighted by molar-refractivity contribution is 5.42. The Balaban J connectivity index is 3.04. The van der Waals surface area contributed by atoms with Crippen LogP contribution in [0.15, 0.2) is 12.1 Å². The van der Waals surface area contributed by atoms with Gasteiger partial charge >= 0.3 is 0 Å². The molecule has 1 N–H and O–H groups in total. The van der Waals surface area contributed by atoms with E-state index >= 15 is 0 Å². The first-order chi connectivity index (χ1) is 7.10. The van der Waals surface area contributed by atoms with E-state index in [9.17, 15) is 0 Å². The number of ether oxygens (including phenoxy) is 1. The fourth-order valence-electron chi connectivity index (χ4n) is 1.91. The van der Waals surface area contributed by atoms with Crippen molar-refractivity contribution in [1.82, 2.24) is 0 Å². The van der Waals surface area contributed by atoms with E-state index in [2.05, 4.69) is 26.0 Å². The minimum absolute atomic E-state index is 0.242. The molecule has 15 heavy (non-hydrogen) atoms. The van der Waals surface area contributed by atoms with Crippen molar-refractivity contribution in [3.63, 3.8) is 0 Å². The standard InChI is InChI=1S/C13H20O2/c1-9(5-6-14)12-7-11(3)13(15-4)8-10(12)2/h7-9,14H,5-6H2,1-4H3. The molecule has 0 radical (unpaired) electrons. The SMILES string of the molecule is COc1cc(C)c(C(C)CCO)cc1C. The van der Waals surface area contributed by atoms with E-state index in [1.54, 1.807) is 7.11 Å². The third kappa shape index (κ3) is 2.72. The second-order valence-electron chi connectivity index (χ2n) is 4.09. The van der Waals surface area contributed by atoms with Crippen molar-refractivity contribution >= 4 is 0 Å². The van der Waals surface area contributed by atoms with Crippen molar-refractivity contribution in [2.24, 2.45) is 0 Å². The maximum Gasteiger partial charge on any atom is 0.122 e. The Kier molecular flexibility index (Phi) is 4.15. The summed E-state index contributed by atoms with van der Waals surface area (Å²) in [6.45, 7) is 6.52. The maximum absolute atomic E-state index is 8.93. The van der Waals surface area contributed by atoms with E-state index in [1.807, 2.05) is 6.92 Å². The van der Waals surface area contributed by atoms with Crippen LogP contribution >= 0.6 is 0 Å². The van der Waals surface area contributed by atoms with Crippen LogP contribution in [-0.4, -0.2) is 18.8 Å². The Bertz CT molecular complexity index is 332. The molecule has 1 atom stereocenters. The summed E-state index contributed by atoms with van der Waals surface area (Å²) < 4.78 is 5.27. The summed E-state index contributed by atoms with van der Waals surface area (Å²) in [7, 11) is 1.69. The third-order valence-electron chi connectivity index (χ3n) is 2.88. The van der Waals surface area contributed by atoms with Gasteiger partial charge in [0.2, 0.25) is 0 Å². The van der Waals surface area contributed by atoms with Gasteiger partial charge in [-0.1, -0.05) is 13.0 Å². The van der Waals surface area contributed by atoms with Gasteiger partial charge in [-0.3, -0.25) is 0 Å². The number of hydrogen-bond donors (Lipinski definition) is 1. The van der Waals surface area contributed by atoms with Crippen LogP contribution in [0.1, 0.15) is 36.0 Å². The molecule has 84 valence electrons. The van der Waals surface area contributed by atoms with Crippen molar-refractivity contribution < 1.29 is 9.84 Å². The minimum Gasteiger partial charge on any atom is -0.496 e. The lowest BCUT2D eigenvalue weighted by Gasteiger charge is -2.16. The van der Waals surface area contributed by atoms with E-state index in [0.29, 0.717) is 5.92 Å². The average Bonchev–Trinajstić information content (AvgIpc) is 2.21. The zero-order chi connectivity index (χ0) is 11.4. The van der Waals surface area contributed by atoms with Crippen molar-refractivity contribution in [3.05, 3.63) is 28.8 Å². The van der Waals surface area contributed by atoms with Crippen LogP contribution in [0.4, 0.5) is 0 Å². The van der Waals surface area contributed by atoms with E-state index in [0.717, 1.165) is 17.7 Å². The van der Waals surface area contributed by atoms with Gasteiger partial charge in [-0.25, -0.2) is 0 Å². The Morgan fingerprint density at radius 3 is 2.47 bits per heavy atom. The van der Waals surface area contributed by atoms with Crippen LogP contribution in [-0.2, 0) is 0 Å². The molecule has 2 heteroatoms. The monoisotopic (exact) mass is 208 g/mol. The molecule has 0 fully saturated rings. The molecular formula is C13H20O2. The summed E-state index contributed by atoms with van der Waals surface area (Å²) in [5.41, 5.74) is 3.70. The molecule has 0 aliphatic heterocycles. The Morgan fingerprint density at radius 2 is 1.93 bits per heavy atom. The molecule has 1 aromatic rings. The quantitative estimate of drug-likeness (QED) is 0.824. The normalized spacial score (nSPS) is 12.6. The van der Waals surface area contributed by atoms with Gasteiger partial charge in [-0.05, 0) is 48.9 Å². The second-order valence-corrected chi connectivity index (χ2v) is 4.09. The van der Waals surface area contributed by atoms with Gasteiger partial charge in [-0.2, -0.15) is 0 Å². The molecule has 0 bridgehead atoms. The Morgan fingerprint density at radius 1 is 1.27 bits per heavy atom. The third-order valence-corrected chi connectivity index (χ3v) is 2.88. The summed E-state index contributed by atoms with van der Waals surface area (Å²) in [5.74, 6) is 1.34. The fraction of sp³-hybridized carbons (Fsp3) is 0.538. The van der Waals surface area contributed by atoms with Crippen molar-refractivity contribution in [1.29, 1.82) is 0 Å². The lowest BCUT2D eigenvalue weighted by atomic mass is 9.92.